The normalized spacial score (nSPS) is 11.5. The van der Waals surface area contributed by atoms with E-state index in [0.29, 0.717) is 24.6 Å². The van der Waals surface area contributed by atoms with Gasteiger partial charge in [0.1, 0.15) is 17.5 Å². The van der Waals surface area contributed by atoms with Crippen molar-refractivity contribution >= 4 is 11.6 Å². The summed E-state index contributed by atoms with van der Waals surface area (Å²) in [7, 11) is 0. The van der Waals surface area contributed by atoms with Crippen LogP contribution in [-0.4, -0.2) is 26.7 Å². The molecule has 0 bridgehead atoms. The maximum Gasteiger partial charge on any atom is 0.213 e. The zero-order valence-corrected chi connectivity index (χ0v) is 12.8. The van der Waals surface area contributed by atoms with Crippen LogP contribution in [0.5, 0.6) is 0 Å². The molecule has 0 aliphatic rings. The highest BCUT2D eigenvalue weighted by atomic mass is 16.5. The fourth-order valence-electron chi connectivity index (χ4n) is 1.76. The van der Waals surface area contributed by atoms with Gasteiger partial charge < -0.3 is 15.3 Å². The van der Waals surface area contributed by atoms with Crippen LogP contribution in [-0.2, 0) is 11.8 Å². The number of aromatic nitrogens is 4. The molecular weight excluding hydrogens is 270 g/mol. The predicted octanol–water partition coefficient (Wildman–Crippen LogP) is 1.41. The van der Waals surface area contributed by atoms with Crippen molar-refractivity contribution in [3.63, 3.8) is 0 Å². The quantitative estimate of drug-likeness (QED) is 0.559. The standard InChI is InChI=1S/C13H21N7O/c1-8-10(15-6-5-9-16-7-21-20-9)17-12(13(2,3)4)18-11(8)19-14/h7H,5-6,14H2,1-4H3,(H2,15,17,18,19). The number of hydrogen-bond acceptors (Lipinski definition) is 8. The topological polar surface area (TPSA) is 115 Å². The molecule has 0 unspecified atom stereocenters. The van der Waals surface area contributed by atoms with Crippen LogP contribution in [0.1, 0.15) is 38.0 Å². The van der Waals surface area contributed by atoms with E-state index < -0.39 is 0 Å². The van der Waals surface area contributed by atoms with E-state index in [0.717, 1.165) is 17.2 Å². The first-order valence-electron chi connectivity index (χ1n) is 6.76. The number of nitrogens with two attached hydrogens (primary N) is 1. The number of hydrogen-bond donors (Lipinski definition) is 3. The Bertz CT molecular complexity index is 589. The summed E-state index contributed by atoms with van der Waals surface area (Å²) in [6.45, 7) is 8.73. The molecule has 0 saturated carbocycles. The molecule has 2 aromatic rings. The van der Waals surface area contributed by atoms with Crippen LogP contribution >= 0.6 is 0 Å². The molecule has 2 aromatic heterocycles. The van der Waals surface area contributed by atoms with Crippen LogP contribution in [0.3, 0.4) is 0 Å². The van der Waals surface area contributed by atoms with Crippen molar-refractivity contribution in [2.24, 2.45) is 5.84 Å². The summed E-state index contributed by atoms with van der Waals surface area (Å²) >= 11 is 0. The van der Waals surface area contributed by atoms with Gasteiger partial charge in [-0.3, -0.25) is 0 Å². The minimum Gasteiger partial charge on any atom is -0.369 e. The molecule has 8 nitrogen and oxygen atoms in total. The summed E-state index contributed by atoms with van der Waals surface area (Å²) in [5.74, 6) is 8.30. The number of nitrogens with zero attached hydrogens (tertiary/aromatic N) is 4. The highest BCUT2D eigenvalue weighted by Gasteiger charge is 2.20. The van der Waals surface area contributed by atoms with E-state index in [4.69, 9.17) is 10.4 Å². The van der Waals surface area contributed by atoms with Gasteiger partial charge in [-0.25, -0.2) is 15.8 Å². The molecule has 0 fully saturated rings. The van der Waals surface area contributed by atoms with Gasteiger partial charge in [-0.05, 0) is 6.92 Å². The smallest absolute Gasteiger partial charge is 0.213 e. The summed E-state index contributed by atoms with van der Waals surface area (Å²) in [5.41, 5.74) is 3.33. The maximum absolute atomic E-state index is 5.54. The predicted molar refractivity (Wildman–Crippen MR) is 79.8 cm³/mol. The molecule has 0 atom stereocenters. The first kappa shape index (κ1) is 15.2. The summed E-state index contributed by atoms with van der Waals surface area (Å²) in [5, 5.41) is 7.04. The molecule has 0 aromatic carbocycles. The molecule has 0 spiro atoms. The second kappa shape index (κ2) is 6.04. The van der Waals surface area contributed by atoms with Gasteiger partial charge in [0.15, 0.2) is 5.82 Å². The van der Waals surface area contributed by atoms with Crippen LogP contribution in [0.25, 0.3) is 0 Å². The van der Waals surface area contributed by atoms with E-state index >= 15 is 0 Å². The number of rotatable bonds is 5. The highest BCUT2D eigenvalue weighted by Crippen LogP contribution is 2.25. The molecule has 0 radical (unpaired) electrons. The lowest BCUT2D eigenvalue weighted by Crippen LogP contribution is -2.22. The molecule has 114 valence electrons. The van der Waals surface area contributed by atoms with E-state index in [2.05, 4.69) is 51.6 Å². The number of hydrazine groups is 1. The van der Waals surface area contributed by atoms with Gasteiger partial charge in [-0.15, -0.1) is 0 Å². The van der Waals surface area contributed by atoms with E-state index in [-0.39, 0.29) is 5.41 Å². The van der Waals surface area contributed by atoms with E-state index in [1.165, 1.54) is 6.39 Å². The third-order valence-corrected chi connectivity index (χ3v) is 3.00. The Morgan fingerprint density at radius 2 is 1.95 bits per heavy atom. The van der Waals surface area contributed by atoms with Crippen LogP contribution in [0, 0.1) is 6.92 Å². The molecular formula is C13H21N7O. The number of nitrogens with one attached hydrogen (secondary N) is 2. The molecule has 4 N–H and O–H groups in total. The molecule has 0 saturated heterocycles. The average molecular weight is 291 g/mol. The third-order valence-electron chi connectivity index (χ3n) is 3.00. The van der Waals surface area contributed by atoms with Crippen molar-refractivity contribution in [2.45, 2.75) is 39.5 Å². The Labute approximate surface area is 123 Å². The van der Waals surface area contributed by atoms with Gasteiger partial charge in [0.2, 0.25) is 6.39 Å². The van der Waals surface area contributed by atoms with Crippen molar-refractivity contribution in [1.29, 1.82) is 0 Å². The van der Waals surface area contributed by atoms with Crippen molar-refractivity contribution < 1.29 is 4.52 Å². The summed E-state index contributed by atoms with van der Waals surface area (Å²) in [6.07, 6.45) is 1.97. The monoisotopic (exact) mass is 291 g/mol. The van der Waals surface area contributed by atoms with Gasteiger partial charge >= 0.3 is 0 Å². The van der Waals surface area contributed by atoms with Gasteiger partial charge in [-0.2, -0.15) is 4.98 Å². The zero-order chi connectivity index (χ0) is 15.5. The summed E-state index contributed by atoms with van der Waals surface area (Å²) in [4.78, 5) is 13.0. The molecule has 2 heterocycles. The molecule has 0 amide bonds. The Kier molecular flexibility index (Phi) is 4.37. The maximum atomic E-state index is 5.54. The Morgan fingerprint density at radius 3 is 2.52 bits per heavy atom. The first-order chi connectivity index (χ1) is 9.91. The van der Waals surface area contributed by atoms with Crippen molar-refractivity contribution in [3.05, 3.63) is 23.6 Å². The molecule has 0 aliphatic carbocycles. The van der Waals surface area contributed by atoms with Crippen molar-refractivity contribution in [1.82, 2.24) is 20.1 Å². The summed E-state index contributed by atoms with van der Waals surface area (Å²) < 4.78 is 4.70. The average Bonchev–Trinajstić information content (AvgIpc) is 2.92. The Hall–Kier alpha value is -2.22. The van der Waals surface area contributed by atoms with Crippen molar-refractivity contribution in [3.8, 4) is 0 Å². The summed E-state index contributed by atoms with van der Waals surface area (Å²) in [6, 6.07) is 0. The third kappa shape index (κ3) is 3.66. The molecule has 21 heavy (non-hydrogen) atoms. The first-order valence-corrected chi connectivity index (χ1v) is 6.76. The minimum atomic E-state index is -0.163. The fraction of sp³-hybridized carbons (Fsp3) is 0.538. The molecule has 8 heteroatoms. The van der Waals surface area contributed by atoms with Gasteiger partial charge in [0, 0.05) is 23.9 Å². The highest BCUT2D eigenvalue weighted by molar-refractivity contribution is 5.57. The van der Waals surface area contributed by atoms with E-state index in [1.807, 2.05) is 6.92 Å². The van der Waals surface area contributed by atoms with Crippen LogP contribution in [0.4, 0.5) is 11.6 Å². The fourth-order valence-corrected chi connectivity index (χ4v) is 1.76. The second-order valence-electron chi connectivity index (χ2n) is 5.79. The lowest BCUT2D eigenvalue weighted by molar-refractivity contribution is 0.410. The minimum absolute atomic E-state index is 0.163. The number of anilines is 2. The second-order valence-corrected chi connectivity index (χ2v) is 5.79. The lowest BCUT2D eigenvalue weighted by Gasteiger charge is -2.20. The largest absolute Gasteiger partial charge is 0.369 e. The van der Waals surface area contributed by atoms with Gasteiger partial charge in [0.25, 0.3) is 0 Å². The van der Waals surface area contributed by atoms with Gasteiger partial charge in [0.05, 0.1) is 0 Å². The lowest BCUT2D eigenvalue weighted by atomic mass is 9.95. The Morgan fingerprint density at radius 1 is 1.24 bits per heavy atom. The van der Waals surface area contributed by atoms with Crippen molar-refractivity contribution in [2.75, 3.05) is 17.3 Å². The SMILES string of the molecule is Cc1c(NN)nc(C(C)(C)C)nc1NCCc1ncon1. The van der Waals surface area contributed by atoms with E-state index in [1.54, 1.807) is 0 Å². The zero-order valence-electron chi connectivity index (χ0n) is 12.8. The number of nitrogen functional groups attached to an aromatic ring is 1. The Balaban J connectivity index is 2.17. The van der Waals surface area contributed by atoms with Crippen LogP contribution in [0.2, 0.25) is 0 Å². The van der Waals surface area contributed by atoms with E-state index in [9.17, 15) is 0 Å². The molecule has 0 aliphatic heterocycles. The molecule has 2 rings (SSSR count). The van der Waals surface area contributed by atoms with Crippen LogP contribution in [0.15, 0.2) is 10.9 Å². The van der Waals surface area contributed by atoms with Gasteiger partial charge in [-0.1, -0.05) is 25.9 Å². The van der Waals surface area contributed by atoms with Crippen LogP contribution < -0.4 is 16.6 Å².